The van der Waals surface area contributed by atoms with Gasteiger partial charge in [0.2, 0.25) is 0 Å². The predicted octanol–water partition coefficient (Wildman–Crippen LogP) is 2.32. The maximum atomic E-state index is 13.0. The summed E-state index contributed by atoms with van der Waals surface area (Å²) in [5.74, 6) is 0.259. The van der Waals surface area contributed by atoms with Crippen LogP contribution in [-0.4, -0.2) is 11.7 Å². The van der Waals surface area contributed by atoms with Gasteiger partial charge in [-0.3, -0.25) is 0 Å². The Kier molecular flexibility index (Phi) is 2.08. The van der Waals surface area contributed by atoms with E-state index in [-0.39, 0.29) is 11.5 Å². The van der Waals surface area contributed by atoms with Crippen LogP contribution in [0.15, 0.2) is 18.2 Å². The lowest BCUT2D eigenvalue weighted by atomic mass is 10.3. The van der Waals surface area contributed by atoms with Gasteiger partial charge in [0.05, 0.1) is 6.61 Å². The fourth-order valence-corrected chi connectivity index (χ4v) is 1.10. The molecule has 1 fully saturated rings. The van der Waals surface area contributed by atoms with Gasteiger partial charge >= 0.3 is 0 Å². The number of hydrogen-bond acceptors (Lipinski definition) is 2. The molecule has 0 aromatic heterocycles. The Bertz CT molecular complexity index is 308. The zero-order valence-corrected chi connectivity index (χ0v) is 7.16. The van der Waals surface area contributed by atoms with E-state index in [2.05, 4.69) is 0 Å². The third-order valence-corrected chi connectivity index (χ3v) is 2.09. The summed E-state index contributed by atoms with van der Waals surface area (Å²) in [7, 11) is 0. The molecule has 1 saturated carbocycles. The van der Waals surface area contributed by atoms with Crippen LogP contribution < -0.4 is 4.74 Å². The molecule has 0 unspecified atom stereocenters. The molecule has 2 nitrogen and oxygen atoms in total. The van der Waals surface area contributed by atoms with Gasteiger partial charge < -0.3 is 9.84 Å². The number of halogens is 1. The second-order valence-corrected chi connectivity index (χ2v) is 3.37. The summed E-state index contributed by atoms with van der Waals surface area (Å²) in [6.45, 7) is 0.585. The molecule has 0 atom stereocenters. The summed E-state index contributed by atoms with van der Waals surface area (Å²) in [6.07, 6.45) is 2.36. The number of phenolic OH excluding ortho intramolecular Hbond substituents is 1. The molecule has 1 aliphatic rings. The summed E-state index contributed by atoms with van der Waals surface area (Å²) in [5, 5.41) is 8.93. The van der Waals surface area contributed by atoms with Crippen molar-refractivity contribution < 1.29 is 14.2 Å². The lowest BCUT2D eigenvalue weighted by molar-refractivity contribution is 0.284. The largest absolute Gasteiger partial charge is 0.508 e. The van der Waals surface area contributed by atoms with Crippen LogP contribution in [0, 0.1) is 11.7 Å². The minimum absolute atomic E-state index is 0.0729. The minimum atomic E-state index is -0.499. The number of aromatic hydroxyl groups is 1. The van der Waals surface area contributed by atoms with Gasteiger partial charge in [-0.1, -0.05) is 0 Å². The van der Waals surface area contributed by atoms with Crippen molar-refractivity contribution >= 4 is 0 Å². The molecule has 0 spiro atoms. The smallest absolute Gasteiger partial charge is 0.168 e. The standard InChI is InChI=1S/C10H11FO2/c11-9-5-8(12)3-4-10(9)13-6-7-1-2-7/h3-5,7,12H,1-2,6H2. The van der Waals surface area contributed by atoms with Gasteiger partial charge in [-0.15, -0.1) is 0 Å². The molecule has 0 amide bonds. The lowest BCUT2D eigenvalue weighted by Gasteiger charge is -2.05. The Hall–Kier alpha value is -1.25. The van der Waals surface area contributed by atoms with E-state index in [0.29, 0.717) is 12.5 Å². The molecule has 0 heterocycles. The molecule has 2 rings (SSSR count). The van der Waals surface area contributed by atoms with Crippen molar-refractivity contribution in [1.82, 2.24) is 0 Å². The van der Waals surface area contributed by atoms with Crippen molar-refractivity contribution in [3.05, 3.63) is 24.0 Å². The molecule has 13 heavy (non-hydrogen) atoms. The highest BCUT2D eigenvalue weighted by atomic mass is 19.1. The zero-order chi connectivity index (χ0) is 9.26. The molecule has 0 bridgehead atoms. The van der Waals surface area contributed by atoms with Crippen LogP contribution in [-0.2, 0) is 0 Å². The van der Waals surface area contributed by atoms with E-state index < -0.39 is 5.82 Å². The highest BCUT2D eigenvalue weighted by Gasteiger charge is 2.22. The second kappa shape index (κ2) is 3.24. The third kappa shape index (κ3) is 2.11. The van der Waals surface area contributed by atoms with E-state index in [1.165, 1.54) is 25.0 Å². The summed E-state index contributed by atoms with van der Waals surface area (Å²) < 4.78 is 18.3. The van der Waals surface area contributed by atoms with Gasteiger partial charge in [0, 0.05) is 6.07 Å². The predicted molar refractivity (Wildman–Crippen MR) is 46.3 cm³/mol. The van der Waals surface area contributed by atoms with Crippen LogP contribution in [0.3, 0.4) is 0 Å². The third-order valence-electron chi connectivity index (χ3n) is 2.09. The van der Waals surface area contributed by atoms with E-state index >= 15 is 0 Å². The average molecular weight is 182 g/mol. The minimum Gasteiger partial charge on any atom is -0.508 e. The van der Waals surface area contributed by atoms with E-state index in [9.17, 15) is 4.39 Å². The van der Waals surface area contributed by atoms with Crippen molar-refractivity contribution in [2.75, 3.05) is 6.61 Å². The average Bonchev–Trinajstić information content (AvgIpc) is 2.86. The number of ether oxygens (including phenoxy) is 1. The second-order valence-electron chi connectivity index (χ2n) is 3.37. The normalized spacial score (nSPS) is 15.8. The molecule has 1 aromatic carbocycles. The Labute approximate surface area is 76.0 Å². The van der Waals surface area contributed by atoms with Crippen LogP contribution in [0.4, 0.5) is 4.39 Å². The highest BCUT2D eigenvalue weighted by molar-refractivity contribution is 5.32. The fraction of sp³-hybridized carbons (Fsp3) is 0.400. The van der Waals surface area contributed by atoms with E-state index in [1.807, 2.05) is 0 Å². The summed E-state index contributed by atoms with van der Waals surface area (Å²) in [6, 6.07) is 3.93. The van der Waals surface area contributed by atoms with E-state index in [0.717, 1.165) is 6.07 Å². The Morgan fingerprint density at radius 2 is 2.23 bits per heavy atom. The summed E-state index contributed by atoms with van der Waals surface area (Å²) in [5.41, 5.74) is 0. The molecular formula is C10H11FO2. The lowest BCUT2D eigenvalue weighted by Crippen LogP contribution is -2.00. The zero-order valence-electron chi connectivity index (χ0n) is 7.16. The Morgan fingerprint density at radius 1 is 1.46 bits per heavy atom. The van der Waals surface area contributed by atoms with Gasteiger partial charge in [-0.25, -0.2) is 4.39 Å². The quantitative estimate of drug-likeness (QED) is 0.777. The summed E-state index contributed by atoms with van der Waals surface area (Å²) >= 11 is 0. The van der Waals surface area contributed by atoms with Gasteiger partial charge in [0.25, 0.3) is 0 Å². The number of benzene rings is 1. The first-order valence-electron chi connectivity index (χ1n) is 4.37. The molecule has 1 aromatic rings. The maximum Gasteiger partial charge on any atom is 0.168 e. The van der Waals surface area contributed by atoms with Crippen molar-refractivity contribution in [3.8, 4) is 11.5 Å². The topological polar surface area (TPSA) is 29.5 Å². The first-order chi connectivity index (χ1) is 6.25. The Balaban J connectivity index is 2.01. The first-order valence-corrected chi connectivity index (χ1v) is 4.37. The van der Waals surface area contributed by atoms with Crippen molar-refractivity contribution in [2.24, 2.45) is 5.92 Å². The van der Waals surface area contributed by atoms with Crippen molar-refractivity contribution in [3.63, 3.8) is 0 Å². The van der Waals surface area contributed by atoms with Gasteiger partial charge in [0.1, 0.15) is 5.75 Å². The molecule has 1 aliphatic carbocycles. The molecule has 1 N–H and O–H groups in total. The number of rotatable bonds is 3. The van der Waals surface area contributed by atoms with Crippen LogP contribution in [0.2, 0.25) is 0 Å². The van der Waals surface area contributed by atoms with Gasteiger partial charge in [-0.05, 0) is 30.9 Å². The van der Waals surface area contributed by atoms with Crippen molar-refractivity contribution in [1.29, 1.82) is 0 Å². The monoisotopic (exact) mass is 182 g/mol. The highest BCUT2D eigenvalue weighted by Crippen LogP contribution is 2.30. The SMILES string of the molecule is Oc1ccc(OCC2CC2)c(F)c1. The number of phenols is 1. The van der Waals surface area contributed by atoms with Crippen LogP contribution in [0.1, 0.15) is 12.8 Å². The van der Waals surface area contributed by atoms with Gasteiger partial charge in [0.15, 0.2) is 11.6 Å². The Morgan fingerprint density at radius 3 is 2.85 bits per heavy atom. The van der Waals surface area contributed by atoms with Crippen molar-refractivity contribution in [2.45, 2.75) is 12.8 Å². The molecule has 0 aliphatic heterocycles. The first kappa shape index (κ1) is 8.35. The van der Waals surface area contributed by atoms with Crippen LogP contribution in [0.5, 0.6) is 11.5 Å². The van der Waals surface area contributed by atoms with Crippen LogP contribution >= 0.6 is 0 Å². The summed E-state index contributed by atoms with van der Waals surface area (Å²) in [4.78, 5) is 0. The molecule has 3 heteroatoms. The van der Waals surface area contributed by atoms with E-state index in [4.69, 9.17) is 9.84 Å². The van der Waals surface area contributed by atoms with Gasteiger partial charge in [-0.2, -0.15) is 0 Å². The maximum absolute atomic E-state index is 13.0. The molecule has 70 valence electrons. The number of hydrogen-bond donors (Lipinski definition) is 1. The molecule has 0 radical (unpaired) electrons. The van der Waals surface area contributed by atoms with E-state index in [1.54, 1.807) is 0 Å². The fourth-order valence-electron chi connectivity index (χ4n) is 1.10. The van der Waals surface area contributed by atoms with Crippen LogP contribution in [0.25, 0.3) is 0 Å². The molecule has 0 saturated heterocycles. The molecular weight excluding hydrogens is 171 g/mol.